The van der Waals surface area contributed by atoms with E-state index in [1.54, 1.807) is 0 Å². The Morgan fingerprint density at radius 3 is 2.68 bits per heavy atom. The van der Waals surface area contributed by atoms with Crippen LogP contribution in [0, 0.1) is 5.92 Å². The molecule has 2 N–H and O–H groups in total. The lowest BCUT2D eigenvalue weighted by Crippen LogP contribution is -2.22. The lowest BCUT2D eigenvalue weighted by atomic mass is 10.0. The Labute approximate surface area is 108 Å². The molecule has 19 heavy (non-hydrogen) atoms. The van der Waals surface area contributed by atoms with E-state index in [0.717, 1.165) is 25.1 Å². The summed E-state index contributed by atoms with van der Waals surface area (Å²) < 4.78 is 48.1. The highest BCUT2D eigenvalue weighted by Gasteiger charge is 2.33. The fraction of sp³-hybridized carbons (Fsp3) is 0.583. The third kappa shape index (κ3) is 3.73. The van der Waals surface area contributed by atoms with Gasteiger partial charge < -0.3 is 15.2 Å². The lowest BCUT2D eigenvalue weighted by molar-refractivity contribution is -0.141. The van der Waals surface area contributed by atoms with Crippen LogP contribution in [0.2, 0.25) is 0 Å². The smallest absolute Gasteiger partial charge is 0.433 e. The average molecular weight is 276 g/mol. The molecule has 0 aliphatic carbocycles. The van der Waals surface area contributed by atoms with E-state index in [0.29, 0.717) is 19.8 Å². The molecule has 2 rings (SSSR count). The summed E-state index contributed by atoms with van der Waals surface area (Å²) in [6.07, 6.45) is -1.83. The number of nitrogens with two attached hydrogens (primary N) is 1. The van der Waals surface area contributed by atoms with Crippen molar-refractivity contribution in [2.24, 2.45) is 5.92 Å². The van der Waals surface area contributed by atoms with E-state index >= 15 is 0 Å². The molecule has 0 radical (unpaired) electrons. The summed E-state index contributed by atoms with van der Waals surface area (Å²) in [6, 6.07) is 0.842. The molecular formula is C12H15F3N2O2. The predicted molar refractivity (Wildman–Crippen MR) is 62.7 cm³/mol. The summed E-state index contributed by atoms with van der Waals surface area (Å²) in [5.41, 5.74) is 4.68. The predicted octanol–water partition coefficient (Wildman–Crippen LogP) is 2.49. The summed E-state index contributed by atoms with van der Waals surface area (Å²) in [4.78, 5) is 3.25. The van der Waals surface area contributed by atoms with Crippen LogP contribution in [0.25, 0.3) is 0 Å². The van der Waals surface area contributed by atoms with Gasteiger partial charge in [0, 0.05) is 19.3 Å². The first kappa shape index (κ1) is 13.9. The largest absolute Gasteiger partial charge is 0.491 e. The molecule has 0 amide bonds. The number of hydrogen-bond acceptors (Lipinski definition) is 4. The van der Waals surface area contributed by atoms with E-state index in [9.17, 15) is 13.2 Å². The Morgan fingerprint density at radius 1 is 1.37 bits per heavy atom. The first-order valence-corrected chi connectivity index (χ1v) is 6.00. The van der Waals surface area contributed by atoms with Gasteiger partial charge >= 0.3 is 6.18 Å². The van der Waals surface area contributed by atoms with Gasteiger partial charge in [-0.1, -0.05) is 0 Å². The van der Waals surface area contributed by atoms with Crippen LogP contribution < -0.4 is 10.5 Å². The van der Waals surface area contributed by atoms with Crippen LogP contribution in [0.15, 0.2) is 12.3 Å². The highest BCUT2D eigenvalue weighted by Crippen LogP contribution is 2.32. The van der Waals surface area contributed by atoms with E-state index in [4.69, 9.17) is 15.2 Å². The third-order valence-electron chi connectivity index (χ3n) is 3.00. The molecule has 1 aliphatic heterocycles. The van der Waals surface area contributed by atoms with Crippen molar-refractivity contribution in [2.45, 2.75) is 19.0 Å². The zero-order valence-corrected chi connectivity index (χ0v) is 10.2. The number of aromatic nitrogens is 1. The fourth-order valence-electron chi connectivity index (χ4n) is 1.85. The maximum Gasteiger partial charge on any atom is 0.433 e. The zero-order valence-electron chi connectivity index (χ0n) is 10.2. The van der Waals surface area contributed by atoms with Crippen molar-refractivity contribution in [3.05, 3.63) is 18.0 Å². The normalized spacial score (nSPS) is 17.4. The molecular weight excluding hydrogens is 261 g/mol. The van der Waals surface area contributed by atoms with Crippen molar-refractivity contribution in [3.63, 3.8) is 0 Å². The molecule has 0 aromatic carbocycles. The second kappa shape index (κ2) is 5.64. The minimum atomic E-state index is -4.50. The molecule has 2 heterocycles. The third-order valence-corrected chi connectivity index (χ3v) is 3.00. The summed E-state index contributed by atoms with van der Waals surface area (Å²) in [6.45, 7) is 1.66. The van der Waals surface area contributed by atoms with Crippen molar-refractivity contribution in [1.29, 1.82) is 0 Å². The standard InChI is InChI=1S/C12H15F3N2O2/c13-12(14,15)11-5-10(9(16)6-17-11)19-7-8-1-3-18-4-2-8/h5-6,8H,1-4,7,16H2. The van der Waals surface area contributed by atoms with Crippen molar-refractivity contribution < 1.29 is 22.6 Å². The van der Waals surface area contributed by atoms with Gasteiger partial charge in [0.25, 0.3) is 0 Å². The number of anilines is 1. The molecule has 1 aromatic heterocycles. The Kier molecular flexibility index (Phi) is 4.14. The van der Waals surface area contributed by atoms with Crippen molar-refractivity contribution in [1.82, 2.24) is 4.98 Å². The molecule has 0 atom stereocenters. The molecule has 1 saturated heterocycles. The van der Waals surface area contributed by atoms with Gasteiger partial charge in [-0.15, -0.1) is 0 Å². The van der Waals surface area contributed by atoms with Crippen LogP contribution in [-0.2, 0) is 10.9 Å². The van der Waals surface area contributed by atoms with E-state index in [1.165, 1.54) is 0 Å². The Bertz CT molecular complexity index is 431. The van der Waals surface area contributed by atoms with Crippen molar-refractivity contribution >= 4 is 5.69 Å². The van der Waals surface area contributed by atoms with E-state index in [1.807, 2.05) is 0 Å². The number of halogens is 3. The second-order valence-electron chi connectivity index (χ2n) is 4.47. The number of nitrogens with zero attached hydrogens (tertiary/aromatic N) is 1. The first-order valence-electron chi connectivity index (χ1n) is 6.00. The van der Waals surface area contributed by atoms with Crippen LogP contribution in [0.3, 0.4) is 0 Å². The summed E-state index contributed by atoms with van der Waals surface area (Å²) in [5.74, 6) is 0.324. The number of ether oxygens (including phenoxy) is 2. The number of hydrogen-bond donors (Lipinski definition) is 1. The molecule has 1 aliphatic rings. The van der Waals surface area contributed by atoms with E-state index in [-0.39, 0.29) is 17.4 Å². The Balaban J connectivity index is 2.02. The van der Waals surface area contributed by atoms with E-state index < -0.39 is 11.9 Å². The Morgan fingerprint density at radius 2 is 2.05 bits per heavy atom. The number of rotatable bonds is 3. The van der Waals surface area contributed by atoms with Gasteiger partial charge in [0.1, 0.15) is 11.4 Å². The minimum absolute atomic E-state index is 0.0359. The van der Waals surface area contributed by atoms with Crippen LogP contribution in [0.4, 0.5) is 18.9 Å². The fourth-order valence-corrected chi connectivity index (χ4v) is 1.85. The van der Waals surface area contributed by atoms with Crippen molar-refractivity contribution in [3.8, 4) is 5.75 Å². The van der Waals surface area contributed by atoms with Gasteiger partial charge in [0.15, 0.2) is 0 Å². The van der Waals surface area contributed by atoms with Gasteiger partial charge in [-0.05, 0) is 18.8 Å². The van der Waals surface area contributed by atoms with Crippen LogP contribution in [0.5, 0.6) is 5.75 Å². The van der Waals surface area contributed by atoms with Crippen molar-refractivity contribution in [2.75, 3.05) is 25.6 Å². The number of alkyl halides is 3. The minimum Gasteiger partial charge on any atom is -0.491 e. The van der Waals surface area contributed by atoms with Gasteiger partial charge in [0.05, 0.1) is 18.5 Å². The molecule has 1 aromatic rings. The quantitative estimate of drug-likeness (QED) is 0.921. The van der Waals surface area contributed by atoms with Gasteiger partial charge in [-0.2, -0.15) is 13.2 Å². The van der Waals surface area contributed by atoms with Crippen LogP contribution in [0.1, 0.15) is 18.5 Å². The molecule has 1 fully saturated rings. The number of pyridine rings is 1. The highest BCUT2D eigenvalue weighted by atomic mass is 19.4. The summed E-state index contributed by atoms with van der Waals surface area (Å²) in [7, 11) is 0. The number of nitrogen functional groups attached to an aromatic ring is 1. The zero-order chi connectivity index (χ0) is 13.9. The van der Waals surface area contributed by atoms with E-state index in [2.05, 4.69) is 4.98 Å². The molecule has 0 bridgehead atoms. The van der Waals surface area contributed by atoms with Crippen LogP contribution in [-0.4, -0.2) is 24.8 Å². The Hall–Kier alpha value is -1.50. The SMILES string of the molecule is Nc1cnc(C(F)(F)F)cc1OCC1CCOCC1. The maximum absolute atomic E-state index is 12.5. The summed E-state index contributed by atoms with van der Waals surface area (Å²) in [5, 5.41) is 0. The average Bonchev–Trinajstić information content (AvgIpc) is 2.37. The molecule has 4 nitrogen and oxygen atoms in total. The van der Waals surface area contributed by atoms with Gasteiger partial charge in [0.2, 0.25) is 0 Å². The van der Waals surface area contributed by atoms with Gasteiger partial charge in [-0.3, -0.25) is 0 Å². The topological polar surface area (TPSA) is 57.4 Å². The van der Waals surface area contributed by atoms with Crippen LogP contribution >= 0.6 is 0 Å². The molecule has 106 valence electrons. The lowest BCUT2D eigenvalue weighted by Gasteiger charge is -2.22. The first-order chi connectivity index (χ1) is 8.97. The monoisotopic (exact) mass is 276 g/mol. The molecule has 0 unspecified atom stereocenters. The molecule has 0 spiro atoms. The maximum atomic E-state index is 12.5. The highest BCUT2D eigenvalue weighted by molar-refractivity contribution is 5.51. The second-order valence-corrected chi connectivity index (χ2v) is 4.47. The molecule has 7 heteroatoms. The molecule has 0 saturated carbocycles. The summed E-state index contributed by atoms with van der Waals surface area (Å²) >= 11 is 0. The van der Waals surface area contributed by atoms with Gasteiger partial charge in [-0.25, -0.2) is 4.98 Å².